The zero-order valence-electron chi connectivity index (χ0n) is 17.3. The van der Waals surface area contributed by atoms with E-state index in [-0.39, 0.29) is 36.6 Å². The van der Waals surface area contributed by atoms with Gasteiger partial charge in [0.05, 0.1) is 24.1 Å². The average Bonchev–Trinajstić information content (AvgIpc) is 3.24. The van der Waals surface area contributed by atoms with Crippen LogP contribution in [0.25, 0.3) is 11.3 Å². The van der Waals surface area contributed by atoms with Crippen molar-refractivity contribution in [2.24, 2.45) is 0 Å². The lowest BCUT2D eigenvalue weighted by Gasteiger charge is -2.43. The molecule has 0 amide bonds. The summed E-state index contributed by atoms with van der Waals surface area (Å²) in [7, 11) is -3.33. The highest BCUT2D eigenvalue weighted by atomic mass is 32.2. The number of hydrogen-bond acceptors (Lipinski definition) is 6. The fourth-order valence-corrected chi connectivity index (χ4v) is 5.54. The van der Waals surface area contributed by atoms with Crippen molar-refractivity contribution in [2.75, 3.05) is 17.7 Å². The quantitative estimate of drug-likeness (QED) is 0.742. The van der Waals surface area contributed by atoms with Gasteiger partial charge in [-0.05, 0) is 43.4 Å². The zero-order chi connectivity index (χ0) is 22.1. The van der Waals surface area contributed by atoms with Crippen molar-refractivity contribution in [3.05, 3.63) is 40.6 Å². The van der Waals surface area contributed by atoms with E-state index in [1.165, 1.54) is 0 Å². The maximum Gasteiger partial charge on any atom is 0.290 e. The van der Waals surface area contributed by atoms with Crippen LogP contribution in [0.5, 0.6) is 0 Å². The number of sulfonamides is 1. The molecule has 2 N–H and O–H groups in total. The third kappa shape index (κ3) is 3.50. The molecule has 1 aromatic carbocycles. The highest BCUT2D eigenvalue weighted by Gasteiger charge is 2.45. The van der Waals surface area contributed by atoms with Gasteiger partial charge in [0.1, 0.15) is 5.69 Å². The molecule has 1 aliphatic heterocycles. The Morgan fingerprint density at radius 1 is 1.26 bits per heavy atom. The number of benzene rings is 1. The standard InChI is InChI=1S/C21H24F2N4O3S/c1-11-17(28)10-27(11)20-24-18(15-7-8-21(22,23)19(15)25-20)13-3-5-14-12(9-13)4-6-16(14)26-31(2,29)30/h3,5,9,11,16-17,26,28H,4,6-8,10H2,1-2H3/t11-,16-,17+/m0/s1. The first kappa shape index (κ1) is 20.7. The van der Waals surface area contributed by atoms with Crippen LogP contribution in [0, 0.1) is 0 Å². The summed E-state index contributed by atoms with van der Waals surface area (Å²) in [5, 5.41) is 9.85. The number of aromatic nitrogens is 2. The fourth-order valence-electron chi connectivity index (χ4n) is 4.78. The number of nitrogens with one attached hydrogen (secondary N) is 1. The van der Waals surface area contributed by atoms with Crippen LogP contribution in [-0.4, -0.2) is 48.4 Å². The van der Waals surface area contributed by atoms with Crippen LogP contribution in [0.1, 0.15) is 48.2 Å². The van der Waals surface area contributed by atoms with Gasteiger partial charge in [0.25, 0.3) is 5.92 Å². The Hall–Kier alpha value is -2.17. The normalized spacial score (nSPS) is 26.5. The number of alkyl halides is 2. The molecular weight excluding hydrogens is 426 g/mol. The van der Waals surface area contributed by atoms with Gasteiger partial charge in [0.2, 0.25) is 16.0 Å². The largest absolute Gasteiger partial charge is 0.389 e. The molecule has 7 nitrogen and oxygen atoms in total. The Labute approximate surface area is 179 Å². The van der Waals surface area contributed by atoms with Gasteiger partial charge in [-0.3, -0.25) is 0 Å². The molecule has 31 heavy (non-hydrogen) atoms. The van der Waals surface area contributed by atoms with Crippen LogP contribution in [0.3, 0.4) is 0 Å². The molecule has 2 aromatic rings. The summed E-state index contributed by atoms with van der Waals surface area (Å²) in [5.74, 6) is -2.79. The Kier molecular flexibility index (Phi) is 4.62. The summed E-state index contributed by atoms with van der Waals surface area (Å²) in [6.45, 7) is 2.13. The number of aryl methyl sites for hydroxylation is 1. The van der Waals surface area contributed by atoms with E-state index >= 15 is 0 Å². The fraction of sp³-hybridized carbons (Fsp3) is 0.524. The molecule has 0 spiro atoms. The molecule has 10 heteroatoms. The first-order valence-electron chi connectivity index (χ1n) is 10.4. The molecule has 0 unspecified atom stereocenters. The molecule has 1 saturated heterocycles. The second-order valence-corrected chi connectivity index (χ2v) is 10.5. The maximum atomic E-state index is 14.6. The van der Waals surface area contributed by atoms with E-state index in [0.717, 1.165) is 22.9 Å². The summed E-state index contributed by atoms with van der Waals surface area (Å²) in [6.07, 6.45) is 1.86. The number of aliphatic hydroxyl groups is 1. The smallest absolute Gasteiger partial charge is 0.290 e. The Balaban J connectivity index is 1.57. The van der Waals surface area contributed by atoms with Crippen molar-refractivity contribution in [3.63, 3.8) is 0 Å². The summed E-state index contributed by atoms with van der Waals surface area (Å²) in [6, 6.07) is 5.09. The van der Waals surface area contributed by atoms with Crippen molar-refractivity contribution in [1.29, 1.82) is 0 Å². The molecule has 5 rings (SSSR count). The monoisotopic (exact) mass is 450 g/mol. The van der Waals surface area contributed by atoms with Crippen molar-refractivity contribution >= 4 is 16.0 Å². The molecule has 0 bridgehead atoms. The van der Waals surface area contributed by atoms with E-state index in [9.17, 15) is 22.3 Å². The lowest BCUT2D eigenvalue weighted by Crippen LogP contribution is -2.59. The Bertz CT molecular complexity index is 1170. The van der Waals surface area contributed by atoms with Crippen LogP contribution in [0.4, 0.5) is 14.7 Å². The SMILES string of the molecule is C[C@H]1[C@H](O)CN1c1nc(-c2ccc3c(c2)CC[C@@H]3NS(C)(=O)=O)c2c(n1)C(F)(F)CC2. The minimum absolute atomic E-state index is 0.200. The van der Waals surface area contributed by atoms with E-state index in [1.807, 2.05) is 25.1 Å². The van der Waals surface area contributed by atoms with E-state index in [1.54, 1.807) is 4.90 Å². The average molecular weight is 451 g/mol. The van der Waals surface area contributed by atoms with Crippen LogP contribution >= 0.6 is 0 Å². The predicted molar refractivity (Wildman–Crippen MR) is 112 cm³/mol. The molecule has 3 atom stereocenters. The molecule has 1 fully saturated rings. The molecule has 1 aromatic heterocycles. The van der Waals surface area contributed by atoms with Crippen molar-refractivity contribution in [3.8, 4) is 11.3 Å². The highest BCUT2D eigenvalue weighted by Crippen LogP contribution is 2.45. The van der Waals surface area contributed by atoms with Gasteiger partial charge in [-0.25, -0.2) is 23.1 Å². The lowest BCUT2D eigenvalue weighted by atomic mass is 9.99. The summed E-state index contributed by atoms with van der Waals surface area (Å²) in [4.78, 5) is 10.6. The molecule has 2 aliphatic carbocycles. The predicted octanol–water partition coefficient (Wildman–Crippen LogP) is 2.29. The molecule has 3 aliphatic rings. The number of hydrogen-bond donors (Lipinski definition) is 2. The minimum atomic E-state index is -3.33. The molecule has 2 heterocycles. The van der Waals surface area contributed by atoms with E-state index in [4.69, 9.17) is 0 Å². The molecule has 0 radical (unpaired) electrons. The van der Waals surface area contributed by atoms with Crippen molar-refractivity contribution in [2.45, 2.75) is 56.7 Å². The highest BCUT2D eigenvalue weighted by molar-refractivity contribution is 7.88. The van der Waals surface area contributed by atoms with Gasteiger partial charge in [-0.2, -0.15) is 8.78 Å². The third-order valence-electron chi connectivity index (χ3n) is 6.57. The van der Waals surface area contributed by atoms with Gasteiger partial charge in [-0.1, -0.05) is 12.1 Å². The third-order valence-corrected chi connectivity index (χ3v) is 7.28. The second-order valence-electron chi connectivity index (χ2n) is 8.76. The number of fused-ring (bicyclic) bond motifs is 2. The van der Waals surface area contributed by atoms with Crippen LogP contribution in [0.2, 0.25) is 0 Å². The van der Waals surface area contributed by atoms with Crippen LogP contribution in [0.15, 0.2) is 18.2 Å². The molecule has 166 valence electrons. The van der Waals surface area contributed by atoms with Crippen LogP contribution < -0.4 is 9.62 Å². The number of nitrogens with zero attached hydrogens (tertiary/aromatic N) is 3. The van der Waals surface area contributed by atoms with Gasteiger partial charge in [-0.15, -0.1) is 0 Å². The summed E-state index contributed by atoms with van der Waals surface area (Å²) in [5.41, 5.74) is 3.36. The van der Waals surface area contributed by atoms with Gasteiger partial charge >= 0.3 is 0 Å². The number of anilines is 1. The minimum Gasteiger partial charge on any atom is -0.389 e. The topological polar surface area (TPSA) is 95.4 Å². The zero-order valence-corrected chi connectivity index (χ0v) is 18.1. The number of β-amino-alcohol motifs (C(OH)–C–C–N with tert-alkyl or cyclic N) is 1. The first-order chi connectivity index (χ1) is 14.5. The Morgan fingerprint density at radius 2 is 2.03 bits per heavy atom. The second kappa shape index (κ2) is 6.91. The van der Waals surface area contributed by atoms with E-state index in [0.29, 0.717) is 30.6 Å². The van der Waals surface area contributed by atoms with Crippen LogP contribution in [-0.2, 0) is 28.8 Å². The molecular formula is C21H24F2N4O3S. The van der Waals surface area contributed by atoms with E-state index in [2.05, 4.69) is 14.7 Å². The number of halogens is 2. The Morgan fingerprint density at radius 3 is 2.71 bits per heavy atom. The van der Waals surface area contributed by atoms with Gasteiger partial charge in [0, 0.05) is 30.1 Å². The number of rotatable bonds is 4. The van der Waals surface area contributed by atoms with Gasteiger partial charge < -0.3 is 10.0 Å². The lowest BCUT2D eigenvalue weighted by molar-refractivity contribution is -0.00603. The maximum absolute atomic E-state index is 14.6. The first-order valence-corrected chi connectivity index (χ1v) is 12.3. The van der Waals surface area contributed by atoms with Crippen molar-refractivity contribution in [1.82, 2.24) is 14.7 Å². The van der Waals surface area contributed by atoms with Gasteiger partial charge in [0.15, 0.2) is 0 Å². The van der Waals surface area contributed by atoms with Crippen molar-refractivity contribution < 1.29 is 22.3 Å². The summed E-state index contributed by atoms with van der Waals surface area (Å²) >= 11 is 0. The summed E-state index contributed by atoms with van der Waals surface area (Å²) < 4.78 is 55.1. The van der Waals surface area contributed by atoms with E-state index < -0.39 is 22.0 Å². The number of aliphatic hydroxyl groups excluding tert-OH is 1. The molecule has 0 saturated carbocycles.